The summed E-state index contributed by atoms with van der Waals surface area (Å²) in [6, 6.07) is 0. The third-order valence-electron chi connectivity index (χ3n) is 3.94. The van der Waals surface area contributed by atoms with Crippen molar-refractivity contribution in [3.63, 3.8) is 0 Å². The van der Waals surface area contributed by atoms with Crippen LogP contribution in [0.5, 0.6) is 0 Å². The Labute approximate surface area is 113 Å². The molecule has 2 heterocycles. The van der Waals surface area contributed by atoms with Crippen LogP contribution >= 0.6 is 0 Å². The average molecular weight is 299 g/mol. The maximum absolute atomic E-state index is 12.2. The van der Waals surface area contributed by atoms with Crippen molar-refractivity contribution in [1.29, 1.82) is 0 Å². The molecule has 94 valence electrons. The minimum absolute atomic E-state index is 0. The molecule has 0 saturated carbocycles. The van der Waals surface area contributed by atoms with E-state index in [1.54, 1.807) is 0 Å². The van der Waals surface area contributed by atoms with Crippen molar-refractivity contribution >= 4 is 5.78 Å². The Bertz CT molecular complexity index is 488. The molecular weight excluding hydrogens is 280 g/mol. The summed E-state index contributed by atoms with van der Waals surface area (Å²) in [6.45, 7) is 8.65. The lowest BCUT2D eigenvalue weighted by atomic mass is 9.75. The maximum Gasteiger partial charge on any atom is 0.219 e. The molecule has 3 rings (SSSR count). The van der Waals surface area contributed by atoms with Gasteiger partial charge in [-0.15, -0.1) is 4.68 Å². The van der Waals surface area contributed by atoms with Crippen LogP contribution in [0.2, 0.25) is 0 Å². The smallest absolute Gasteiger partial charge is 0.219 e. The lowest BCUT2D eigenvalue weighted by molar-refractivity contribution is -0.765. The molecule has 0 spiro atoms. The predicted molar refractivity (Wildman–Crippen MR) is 60.4 cm³/mol. The fraction of sp³-hybridized carbons (Fsp3) is 0.692. The molecule has 0 radical (unpaired) electrons. The van der Waals surface area contributed by atoms with Crippen LogP contribution in [0.1, 0.15) is 48.4 Å². The summed E-state index contributed by atoms with van der Waals surface area (Å²) >= 11 is 0. The first-order valence-electron chi connectivity index (χ1n) is 6.15. The highest BCUT2D eigenvalue weighted by Gasteiger charge is 2.42. The van der Waals surface area contributed by atoms with E-state index < -0.39 is 0 Å². The van der Waals surface area contributed by atoms with Gasteiger partial charge in [0.05, 0.1) is 12.2 Å². The Morgan fingerprint density at radius 2 is 2.00 bits per heavy atom. The third-order valence-corrected chi connectivity index (χ3v) is 3.94. The molecule has 0 amide bonds. The SMILES string of the molecule is Cc1c2c([n+]3n1CCC3)CC(C)(C)CC2=O.[Br-]. The number of carbonyl (C=O) groups excluding carboxylic acids is 1. The Hall–Kier alpha value is -0.640. The van der Waals surface area contributed by atoms with Gasteiger partial charge in [0.25, 0.3) is 0 Å². The molecule has 1 aromatic heterocycles. The number of ketones is 1. The van der Waals surface area contributed by atoms with Crippen molar-refractivity contribution in [2.45, 2.75) is 53.1 Å². The number of Topliss-reactive ketones (excluding diaryl/α,β-unsaturated/α-hetero) is 1. The van der Waals surface area contributed by atoms with E-state index in [0.717, 1.165) is 25.1 Å². The quantitative estimate of drug-likeness (QED) is 0.544. The second-order valence-corrected chi connectivity index (χ2v) is 5.95. The molecule has 0 N–H and O–H groups in total. The molecule has 1 aliphatic carbocycles. The van der Waals surface area contributed by atoms with Crippen molar-refractivity contribution < 1.29 is 26.5 Å². The Kier molecular flexibility index (Phi) is 2.97. The zero-order valence-corrected chi connectivity index (χ0v) is 12.3. The first kappa shape index (κ1) is 12.8. The van der Waals surface area contributed by atoms with E-state index in [1.807, 2.05) is 0 Å². The lowest BCUT2D eigenvalue weighted by Crippen LogP contribution is -3.00. The van der Waals surface area contributed by atoms with E-state index in [4.69, 9.17) is 0 Å². The summed E-state index contributed by atoms with van der Waals surface area (Å²) in [4.78, 5) is 12.2. The summed E-state index contributed by atoms with van der Waals surface area (Å²) in [5, 5.41) is 0. The number of rotatable bonds is 0. The van der Waals surface area contributed by atoms with Gasteiger partial charge in [-0.1, -0.05) is 13.8 Å². The van der Waals surface area contributed by atoms with Crippen LogP contribution in [0.4, 0.5) is 0 Å². The number of fused-ring (bicyclic) bond motifs is 3. The van der Waals surface area contributed by atoms with E-state index in [9.17, 15) is 4.79 Å². The van der Waals surface area contributed by atoms with Crippen molar-refractivity contribution in [2.24, 2.45) is 5.41 Å². The highest BCUT2D eigenvalue weighted by molar-refractivity contribution is 5.99. The van der Waals surface area contributed by atoms with Crippen molar-refractivity contribution in [3.8, 4) is 0 Å². The number of hydrogen-bond donors (Lipinski definition) is 0. The van der Waals surface area contributed by atoms with Gasteiger partial charge < -0.3 is 17.0 Å². The standard InChI is InChI=1S/C13H19N2O.BrH/c1-9-12-10(15-6-4-5-14(9)15)7-13(2,3)8-11(12)16;/h4-8H2,1-3H3;1H/q+1;/p-1. The van der Waals surface area contributed by atoms with Crippen LogP contribution in [0, 0.1) is 12.3 Å². The van der Waals surface area contributed by atoms with Gasteiger partial charge in [0, 0.05) is 19.3 Å². The molecule has 0 fully saturated rings. The van der Waals surface area contributed by atoms with E-state index in [1.165, 1.54) is 17.8 Å². The Morgan fingerprint density at radius 1 is 1.29 bits per heavy atom. The largest absolute Gasteiger partial charge is 1.00 e. The molecule has 17 heavy (non-hydrogen) atoms. The topological polar surface area (TPSA) is 25.9 Å². The van der Waals surface area contributed by atoms with Crippen molar-refractivity contribution in [1.82, 2.24) is 4.68 Å². The fourth-order valence-corrected chi connectivity index (χ4v) is 3.29. The molecular formula is C13H19BrN2O. The van der Waals surface area contributed by atoms with Crippen molar-refractivity contribution in [3.05, 3.63) is 17.0 Å². The number of hydrogen-bond acceptors (Lipinski definition) is 1. The monoisotopic (exact) mass is 298 g/mol. The minimum atomic E-state index is 0. The summed E-state index contributed by atoms with van der Waals surface area (Å²) in [5.41, 5.74) is 3.64. The second-order valence-electron chi connectivity index (χ2n) is 5.95. The first-order chi connectivity index (χ1) is 7.49. The Balaban J connectivity index is 0.00000108. The normalized spacial score (nSPS) is 20.8. The highest BCUT2D eigenvalue weighted by Crippen LogP contribution is 2.35. The summed E-state index contributed by atoms with van der Waals surface area (Å²) in [6.07, 6.45) is 2.95. The summed E-state index contributed by atoms with van der Waals surface area (Å²) in [7, 11) is 0. The molecule has 1 aromatic rings. The molecule has 0 saturated heterocycles. The van der Waals surface area contributed by atoms with Gasteiger partial charge in [-0.3, -0.25) is 4.79 Å². The molecule has 2 aliphatic rings. The minimum Gasteiger partial charge on any atom is -1.00 e. The van der Waals surface area contributed by atoms with Crippen molar-refractivity contribution in [2.75, 3.05) is 0 Å². The van der Waals surface area contributed by atoms with Gasteiger partial charge in [-0.25, -0.2) is 0 Å². The summed E-state index contributed by atoms with van der Waals surface area (Å²) in [5.74, 6) is 0.346. The first-order valence-corrected chi connectivity index (χ1v) is 6.15. The molecule has 0 atom stereocenters. The van der Waals surface area contributed by atoms with E-state index in [0.29, 0.717) is 12.2 Å². The van der Waals surface area contributed by atoms with Gasteiger partial charge in [0.2, 0.25) is 5.69 Å². The Morgan fingerprint density at radius 3 is 2.71 bits per heavy atom. The van der Waals surface area contributed by atoms with Crippen LogP contribution in [0.3, 0.4) is 0 Å². The molecule has 0 aromatic carbocycles. The van der Waals surface area contributed by atoms with Gasteiger partial charge in [0.1, 0.15) is 5.56 Å². The zero-order valence-electron chi connectivity index (χ0n) is 10.7. The van der Waals surface area contributed by atoms with Crippen LogP contribution in [-0.2, 0) is 19.5 Å². The molecule has 1 aliphatic heterocycles. The highest BCUT2D eigenvalue weighted by atomic mass is 79.9. The number of aromatic nitrogens is 2. The molecule has 0 bridgehead atoms. The van der Waals surface area contributed by atoms with Gasteiger partial charge in [-0.2, -0.15) is 4.68 Å². The molecule has 0 unspecified atom stereocenters. The summed E-state index contributed by atoms with van der Waals surface area (Å²) < 4.78 is 4.63. The number of nitrogens with zero attached hydrogens (tertiary/aromatic N) is 2. The van der Waals surface area contributed by atoms with Crippen LogP contribution in [0.15, 0.2) is 0 Å². The van der Waals surface area contributed by atoms with Gasteiger partial charge in [-0.05, 0) is 12.3 Å². The van der Waals surface area contributed by atoms with E-state index in [-0.39, 0.29) is 22.4 Å². The predicted octanol–water partition coefficient (Wildman–Crippen LogP) is -1.35. The van der Waals surface area contributed by atoms with Crippen LogP contribution < -0.4 is 21.7 Å². The van der Waals surface area contributed by atoms with E-state index >= 15 is 0 Å². The number of halogens is 1. The zero-order chi connectivity index (χ0) is 11.5. The maximum atomic E-state index is 12.2. The van der Waals surface area contributed by atoms with Crippen LogP contribution in [-0.4, -0.2) is 10.5 Å². The third kappa shape index (κ3) is 1.77. The second kappa shape index (κ2) is 3.94. The fourth-order valence-electron chi connectivity index (χ4n) is 3.29. The number of carbonyl (C=O) groups is 1. The molecule has 3 nitrogen and oxygen atoms in total. The average Bonchev–Trinajstić information content (AvgIpc) is 2.69. The van der Waals surface area contributed by atoms with Crippen LogP contribution in [0.25, 0.3) is 0 Å². The molecule has 4 heteroatoms. The lowest BCUT2D eigenvalue weighted by Gasteiger charge is -2.25. The van der Waals surface area contributed by atoms with Gasteiger partial charge in [0.15, 0.2) is 12.3 Å². The van der Waals surface area contributed by atoms with Gasteiger partial charge >= 0.3 is 0 Å². The van der Waals surface area contributed by atoms with E-state index in [2.05, 4.69) is 30.1 Å².